The number of hydrogen-bond donors (Lipinski definition) is 3. The molecule has 0 spiro atoms. The predicted molar refractivity (Wildman–Crippen MR) is 161 cm³/mol. The van der Waals surface area contributed by atoms with E-state index in [4.69, 9.17) is 15.5 Å². The largest absolute Gasteiger partial charge is 2.00 e. The van der Waals surface area contributed by atoms with E-state index in [1.54, 1.807) is 12.1 Å². The van der Waals surface area contributed by atoms with Crippen LogP contribution in [0.4, 0.5) is 4.79 Å². The maximum atomic E-state index is 11.4. The summed E-state index contributed by atoms with van der Waals surface area (Å²) in [6, 6.07) is 7.15. The Balaban J connectivity index is 0.000000409. The number of aromatic nitrogens is 2. The van der Waals surface area contributed by atoms with E-state index in [9.17, 15) is 9.59 Å². The number of aryl methyl sites for hydroxylation is 1. The molecule has 1 aliphatic heterocycles. The number of amidine groups is 1. The first-order chi connectivity index (χ1) is 19.1. The molecule has 1 aromatic heterocycles. The molecule has 1 unspecified atom stereocenters. The first-order valence-electron chi connectivity index (χ1n) is 14.1. The number of alkyl carbamates (subject to hydrolysis) is 1. The minimum Gasteiger partial charge on any atom is -0.444 e. The van der Waals surface area contributed by atoms with Crippen LogP contribution >= 0.6 is 0 Å². The number of aliphatic imine (C=N–C) groups is 1. The molecule has 0 bridgehead atoms. The van der Waals surface area contributed by atoms with Crippen LogP contribution in [-0.4, -0.2) is 47.0 Å². The number of ether oxygens (including phenoxy) is 1. The zero-order chi connectivity index (χ0) is 29.7. The van der Waals surface area contributed by atoms with Crippen molar-refractivity contribution < 1.29 is 31.4 Å². The molecule has 0 saturated heterocycles. The molecule has 1 atom stereocenters. The van der Waals surface area contributed by atoms with E-state index in [-0.39, 0.29) is 23.1 Å². The number of nitrogens with zero attached hydrogens (tertiary/aromatic N) is 3. The van der Waals surface area contributed by atoms with Gasteiger partial charge in [0, 0.05) is 19.5 Å². The summed E-state index contributed by atoms with van der Waals surface area (Å²) in [7, 11) is 1.96. The van der Waals surface area contributed by atoms with Crippen LogP contribution in [0.25, 0.3) is 0 Å². The molecule has 1 aliphatic rings. The number of carbonyl (C=O) groups excluding carboxylic acids is 2. The van der Waals surface area contributed by atoms with E-state index >= 15 is 0 Å². The van der Waals surface area contributed by atoms with Gasteiger partial charge in [-0.1, -0.05) is 31.4 Å². The van der Waals surface area contributed by atoms with Crippen molar-refractivity contribution in [1.29, 1.82) is 0 Å². The van der Waals surface area contributed by atoms with Crippen LogP contribution in [0.1, 0.15) is 94.7 Å². The Morgan fingerprint density at radius 2 is 1.90 bits per heavy atom. The number of carbonyl (C=O) groups is 1. The number of fused-ring (bicyclic) bond motifs is 1. The number of hydrogen-bond acceptors (Lipinski definition) is 7. The average molecular weight is 606 g/mol. The van der Waals surface area contributed by atoms with Crippen molar-refractivity contribution in [3.8, 4) is 0 Å². The summed E-state index contributed by atoms with van der Waals surface area (Å²) in [4.78, 5) is 31.0. The van der Waals surface area contributed by atoms with Gasteiger partial charge in [0.05, 0.1) is 23.7 Å². The molecule has 9 nitrogen and oxygen atoms in total. The molecule has 0 saturated carbocycles. The fraction of sp³-hybridized carbons (Fsp3) is 0.516. The third kappa shape index (κ3) is 11.1. The number of allylic oxidation sites excluding steroid dienone is 1. The molecular formula is C31H46MnN6O3. The Hall–Kier alpha value is -2.94. The Morgan fingerprint density at radius 1 is 1.22 bits per heavy atom. The second-order valence-corrected chi connectivity index (χ2v) is 10.6. The normalized spacial score (nSPS) is 15.1. The zero-order valence-electron chi connectivity index (χ0n) is 25.3. The van der Waals surface area contributed by atoms with Crippen LogP contribution in [0.3, 0.4) is 0 Å². The van der Waals surface area contributed by atoms with E-state index in [2.05, 4.69) is 34.0 Å². The van der Waals surface area contributed by atoms with Crippen molar-refractivity contribution in [3.63, 3.8) is 0 Å². The summed E-state index contributed by atoms with van der Waals surface area (Å²) in [5.74, 6) is 1.65. The third-order valence-corrected chi connectivity index (χ3v) is 6.27. The quantitative estimate of drug-likeness (QED) is 0.247. The maximum Gasteiger partial charge on any atom is 2.00 e. The van der Waals surface area contributed by atoms with Gasteiger partial charge in [-0.3, -0.25) is 0 Å². The average Bonchev–Trinajstić information content (AvgIpc) is 3.29. The minimum absolute atomic E-state index is 0. The van der Waals surface area contributed by atoms with Crippen LogP contribution in [0.2, 0.25) is 0 Å². The maximum absolute atomic E-state index is 11.4. The number of likely N-dealkylation sites (N-methyl/N-ethyl adjacent to an activating group) is 1. The first kappa shape index (κ1) is 36.1. The van der Waals surface area contributed by atoms with Gasteiger partial charge in [0.25, 0.3) is 0 Å². The molecule has 4 N–H and O–H groups in total. The zero-order valence-corrected chi connectivity index (χ0v) is 26.5. The van der Waals surface area contributed by atoms with Crippen LogP contribution in [0.5, 0.6) is 0 Å². The molecule has 0 aliphatic carbocycles. The Morgan fingerprint density at radius 3 is 2.44 bits per heavy atom. The molecule has 0 fully saturated rings. The summed E-state index contributed by atoms with van der Waals surface area (Å²) in [6.45, 7) is 15.1. The van der Waals surface area contributed by atoms with Crippen LogP contribution < -0.4 is 16.4 Å². The summed E-state index contributed by atoms with van der Waals surface area (Å²) >= 11 is 0. The molecule has 1 amide bonds. The molecule has 225 valence electrons. The van der Waals surface area contributed by atoms with Crippen molar-refractivity contribution in [3.05, 3.63) is 71.3 Å². The monoisotopic (exact) mass is 605 g/mol. The number of nitrogens with one attached hydrogen (secondary N) is 2. The molecule has 2 heterocycles. The topological polar surface area (TPSA) is 124 Å². The van der Waals surface area contributed by atoms with Gasteiger partial charge in [0.2, 0.25) is 0 Å². The van der Waals surface area contributed by atoms with Gasteiger partial charge in [0.1, 0.15) is 17.1 Å². The van der Waals surface area contributed by atoms with Gasteiger partial charge in [0.15, 0.2) is 5.84 Å². The van der Waals surface area contributed by atoms with Crippen LogP contribution in [-0.2, 0) is 46.0 Å². The number of nitrogens with two attached hydrogens (primary N) is 1. The van der Waals surface area contributed by atoms with Crippen molar-refractivity contribution in [2.75, 3.05) is 13.6 Å². The third-order valence-electron chi connectivity index (χ3n) is 6.27. The SMILES string of the molecule is CC(C)(C)OC(=O)NCCc1ccc([C-]=O)cc1.[CH2-]CCCn1c(CCCC)nc2c1C(NC)/C(=C\C)N=C2N.[Mn+2]. The number of rotatable bonds is 11. The van der Waals surface area contributed by atoms with Gasteiger partial charge in [-0.2, -0.15) is 24.1 Å². The summed E-state index contributed by atoms with van der Waals surface area (Å²) in [5, 5.41) is 6.04. The molecule has 1 aromatic carbocycles. The van der Waals surface area contributed by atoms with E-state index in [1.165, 1.54) is 0 Å². The Kier molecular flexibility index (Phi) is 15.6. The second-order valence-electron chi connectivity index (χ2n) is 10.6. The summed E-state index contributed by atoms with van der Waals surface area (Å²) in [6.07, 6.45) is 9.35. The van der Waals surface area contributed by atoms with Gasteiger partial charge in [-0.15, -0.1) is 12.1 Å². The molecule has 41 heavy (non-hydrogen) atoms. The standard InChI is InChI=1S/C17H28N5.C14H18NO3.Mn/c1-5-8-10-13-21-15-16(22(13)11-9-6-2)14(19-4)12(7-3)20-17(15)18;1-14(2,3)18-13(17)15-9-8-11-4-6-12(10-16)7-5-11;/h7,14,19H,2,5-6,8-11H2,1,3-4H3,(H2,18,20);4-7H,8-9H2,1-3H3,(H,15,17);/q2*-1;+2/b12-7+;;. The summed E-state index contributed by atoms with van der Waals surface area (Å²) in [5.41, 5.74) is 10.2. The van der Waals surface area contributed by atoms with E-state index in [0.29, 0.717) is 24.4 Å². The van der Waals surface area contributed by atoms with Crippen molar-refractivity contribution in [2.24, 2.45) is 10.7 Å². The fourth-order valence-electron chi connectivity index (χ4n) is 4.31. The van der Waals surface area contributed by atoms with E-state index in [0.717, 1.165) is 67.1 Å². The number of unbranched alkanes of at least 4 members (excludes halogenated alkanes) is 2. The van der Waals surface area contributed by atoms with Gasteiger partial charge < -0.3 is 37.4 Å². The Labute approximate surface area is 256 Å². The predicted octanol–water partition coefficient (Wildman–Crippen LogP) is 4.93. The van der Waals surface area contributed by atoms with E-state index in [1.807, 2.05) is 59.2 Å². The molecular weight excluding hydrogens is 559 g/mol. The molecule has 3 rings (SSSR count). The smallest absolute Gasteiger partial charge is 0.444 e. The van der Waals surface area contributed by atoms with Gasteiger partial charge >= 0.3 is 23.2 Å². The van der Waals surface area contributed by atoms with Crippen LogP contribution in [0, 0.1) is 6.92 Å². The molecule has 2 aromatic rings. The van der Waals surface area contributed by atoms with Crippen molar-refractivity contribution in [2.45, 2.75) is 91.3 Å². The van der Waals surface area contributed by atoms with Crippen molar-refractivity contribution in [1.82, 2.24) is 20.2 Å². The Bertz CT molecular complexity index is 1170. The summed E-state index contributed by atoms with van der Waals surface area (Å²) < 4.78 is 7.45. The molecule has 1 radical (unpaired) electrons. The van der Waals surface area contributed by atoms with Gasteiger partial charge in [-0.05, 0) is 47.6 Å². The second kappa shape index (κ2) is 17.8. The van der Waals surface area contributed by atoms with E-state index < -0.39 is 11.7 Å². The fourth-order valence-corrected chi connectivity index (χ4v) is 4.31. The van der Waals surface area contributed by atoms with Gasteiger partial charge in [-0.25, -0.2) is 14.8 Å². The first-order valence-corrected chi connectivity index (χ1v) is 14.1. The van der Waals surface area contributed by atoms with Crippen LogP contribution in [0.15, 0.2) is 41.0 Å². The minimum atomic E-state index is -0.481. The molecule has 10 heteroatoms. The number of benzene rings is 1. The number of amides is 1. The van der Waals surface area contributed by atoms with Crippen molar-refractivity contribution >= 4 is 18.2 Å². The number of imidazole rings is 1.